The quantitative estimate of drug-likeness (QED) is 0.784. The fourth-order valence-corrected chi connectivity index (χ4v) is 3.75. The lowest BCUT2D eigenvalue weighted by Gasteiger charge is -2.21. The van der Waals surface area contributed by atoms with Crippen molar-refractivity contribution < 1.29 is 4.39 Å². The monoisotopic (exact) mass is 341 g/mol. The van der Waals surface area contributed by atoms with Gasteiger partial charge in [-0.1, -0.05) is 36.2 Å². The van der Waals surface area contributed by atoms with Crippen LogP contribution >= 0.6 is 15.9 Å². The zero-order valence-corrected chi connectivity index (χ0v) is 14.0. The molecular formula is C17H25BrFN. The Kier molecular flexibility index (Phi) is 6.03. The molecule has 0 aliphatic heterocycles. The van der Waals surface area contributed by atoms with Gasteiger partial charge in [-0.2, -0.15) is 0 Å². The average molecular weight is 342 g/mol. The summed E-state index contributed by atoms with van der Waals surface area (Å²) in [4.78, 5) is 0. The van der Waals surface area contributed by atoms with Crippen LogP contribution in [0.25, 0.3) is 0 Å². The Morgan fingerprint density at radius 1 is 1.25 bits per heavy atom. The fraction of sp³-hybridized carbons (Fsp3) is 0.647. The van der Waals surface area contributed by atoms with Crippen LogP contribution in [0.5, 0.6) is 0 Å². The molecule has 1 aliphatic rings. The minimum Gasteiger partial charge on any atom is -0.316 e. The summed E-state index contributed by atoms with van der Waals surface area (Å²) < 4.78 is 14.3. The third-order valence-electron chi connectivity index (χ3n) is 4.20. The average Bonchev–Trinajstić information content (AvgIpc) is 2.75. The van der Waals surface area contributed by atoms with Crippen LogP contribution in [0, 0.1) is 23.6 Å². The lowest BCUT2D eigenvalue weighted by Crippen LogP contribution is -2.29. The molecule has 1 aliphatic carbocycles. The van der Waals surface area contributed by atoms with Crippen molar-refractivity contribution in [2.45, 2.75) is 39.5 Å². The smallest absolute Gasteiger partial charge is 0.124 e. The van der Waals surface area contributed by atoms with Gasteiger partial charge in [0, 0.05) is 4.47 Å². The highest BCUT2D eigenvalue weighted by Gasteiger charge is 2.27. The molecule has 20 heavy (non-hydrogen) atoms. The number of nitrogens with one attached hydrogen (secondary N) is 1. The minimum atomic E-state index is -0.137. The standard InChI is InChI=1S/C17H25BrFN/c1-12(2)10-20-11-15-5-3-4-14(15)6-13-7-16(18)9-17(19)8-13/h7-9,12,14-15,20H,3-6,10-11H2,1-2H3. The number of benzene rings is 1. The molecular weight excluding hydrogens is 317 g/mol. The van der Waals surface area contributed by atoms with E-state index in [4.69, 9.17) is 0 Å². The van der Waals surface area contributed by atoms with E-state index in [-0.39, 0.29) is 5.82 Å². The highest BCUT2D eigenvalue weighted by atomic mass is 79.9. The summed E-state index contributed by atoms with van der Waals surface area (Å²) in [6.45, 7) is 6.68. The van der Waals surface area contributed by atoms with Gasteiger partial charge in [0.25, 0.3) is 0 Å². The molecule has 1 aromatic rings. The lowest BCUT2D eigenvalue weighted by molar-refractivity contribution is 0.357. The van der Waals surface area contributed by atoms with Crippen molar-refractivity contribution in [3.05, 3.63) is 34.1 Å². The molecule has 1 aromatic carbocycles. The van der Waals surface area contributed by atoms with Crippen LogP contribution in [0.1, 0.15) is 38.7 Å². The summed E-state index contributed by atoms with van der Waals surface area (Å²) >= 11 is 3.38. The first-order chi connectivity index (χ1) is 9.54. The van der Waals surface area contributed by atoms with E-state index in [1.807, 2.05) is 0 Å². The highest BCUT2D eigenvalue weighted by Crippen LogP contribution is 2.34. The van der Waals surface area contributed by atoms with Crippen LogP contribution in [0.15, 0.2) is 22.7 Å². The Bertz CT molecular complexity index is 413. The number of rotatable bonds is 6. The third-order valence-corrected chi connectivity index (χ3v) is 4.65. The summed E-state index contributed by atoms with van der Waals surface area (Å²) in [6.07, 6.45) is 4.91. The van der Waals surface area contributed by atoms with Gasteiger partial charge in [-0.3, -0.25) is 0 Å². The van der Waals surface area contributed by atoms with E-state index in [2.05, 4.69) is 41.2 Å². The first-order valence-electron chi connectivity index (χ1n) is 7.70. The van der Waals surface area contributed by atoms with Crippen LogP contribution in [0.2, 0.25) is 0 Å². The molecule has 2 atom stereocenters. The van der Waals surface area contributed by atoms with Gasteiger partial charge in [0.05, 0.1) is 0 Å². The van der Waals surface area contributed by atoms with Gasteiger partial charge in [-0.15, -0.1) is 0 Å². The second-order valence-corrected chi connectivity index (χ2v) is 7.40. The summed E-state index contributed by atoms with van der Waals surface area (Å²) in [6, 6.07) is 5.27. The Hall–Kier alpha value is -0.410. The maximum absolute atomic E-state index is 13.4. The molecule has 0 amide bonds. The van der Waals surface area contributed by atoms with Crippen molar-refractivity contribution in [1.29, 1.82) is 0 Å². The van der Waals surface area contributed by atoms with Crippen LogP contribution in [0.3, 0.4) is 0 Å². The van der Waals surface area contributed by atoms with E-state index in [1.165, 1.54) is 25.3 Å². The Balaban J connectivity index is 1.90. The molecule has 112 valence electrons. The maximum atomic E-state index is 13.4. The van der Waals surface area contributed by atoms with Crippen molar-refractivity contribution in [3.63, 3.8) is 0 Å². The van der Waals surface area contributed by atoms with Gasteiger partial charge in [-0.25, -0.2) is 4.39 Å². The second kappa shape index (κ2) is 7.56. The van der Waals surface area contributed by atoms with Crippen molar-refractivity contribution >= 4 is 15.9 Å². The Morgan fingerprint density at radius 2 is 2.00 bits per heavy atom. The molecule has 0 aromatic heterocycles. The lowest BCUT2D eigenvalue weighted by atomic mass is 9.89. The fourth-order valence-electron chi connectivity index (χ4n) is 3.24. The van der Waals surface area contributed by atoms with E-state index in [1.54, 1.807) is 6.07 Å². The van der Waals surface area contributed by atoms with Gasteiger partial charge in [0.2, 0.25) is 0 Å². The zero-order chi connectivity index (χ0) is 14.5. The molecule has 2 unspecified atom stereocenters. The van der Waals surface area contributed by atoms with Crippen LogP contribution in [0.4, 0.5) is 4.39 Å². The van der Waals surface area contributed by atoms with E-state index >= 15 is 0 Å². The van der Waals surface area contributed by atoms with E-state index in [9.17, 15) is 4.39 Å². The Labute approximate surface area is 130 Å². The minimum absolute atomic E-state index is 0.137. The van der Waals surface area contributed by atoms with Gasteiger partial charge in [0.1, 0.15) is 5.82 Å². The van der Waals surface area contributed by atoms with Crippen molar-refractivity contribution in [2.24, 2.45) is 17.8 Å². The van der Waals surface area contributed by atoms with Gasteiger partial charge >= 0.3 is 0 Å². The van der Waals surface area contributed by atoms with E-state index in [0.717, 1.165) is 35.5 Å². The number of hydrogen-bond acceptors (Lipinski definition) is 1. The summed E-state index contributed by atoms with van der Waals surface area (Å²) in [7, 11) is 0. The van der Waals surface area contributed by atoms with Gasteiger partial charge in [0.15, 0.2) is 0 Å². The van der Waals surface area contributed by atoms with Gasteiger partial charge < -0.3 is 5.32 Å². The molecule has 0 saturated heterocycles. The molecule has 0 radical (unpaired) electrons. The molecule has 2 rings (SSSR count). The van der Waals surface area contributed by atoms with E-state index in [0.29, 0.717) is 11.8 Å². The van der Waals surface area contributed by atoms with Crippen molar-refractivity contribution in [2.75, 3.05) is 13.1 Å². The molecule has 1 nitrogen and oxygen atoms in total. The molecule has 1 fully saturated rings. The van der Waals surface area contributed by atoms with Crippen LogP contribution in [-0.2, 0) is 6.42 Å². The normalized spacial score (nSPS) is 22.6. The highest BCUT2D eigenvalue weighted by molar-refractivity contribution is 9.10. The number of hydrogen-bond donors (Lipinski definition) is 1. The first kappa shape index (κ1) is 16.0. The topological polar surface area (TPSA) is 12.0 Å². The second-order valence-electron chi connectivity index (χ2n) is 6.48. The third kappa shape index (κ3) is 4.85. The largest absolute Gasteiger partial charge is 0.316 e. The molecule has 0 heterocycles. The molecule has 1 N–H and O–H groups in total. The zero-order valence-electron chi connectivity index (χ0n) is 12.5. The van der Waals surface area contributed by atoms with Crippen molar-refractivity contribution in [1.82, 2.24) is 5.32 Å². The summed E-state index contributed by atoms with van der Waals surface area (Å²) in [5.74, 6) is 2.01. The maximum Gasteiger partial charge on any atom is 0.124 e. The first-order valence-corrected chi connectivity index (χ1v) is 8.49. The summed E-state index contributed by atoms with van der Waals surface area (Å²) in [5, 5.41) is 3.58. The molecule has 0 bridgehead atoms. The predicted molar refractivity (Wildman–Crippen MR) is 86.3 cm³/mol. The van der Waals surface area contributed by atoms with E-state index < -0.39 is 0 Å². The molecule has 0 spiro atoms. The molecule has 1 saturated carbocycles. The number of halogens is 2. The van der Waals surface area contributed by atoms with Crippen LogP contribution in [-0.4, -0.2) is 13.1 Å². The van der Waals surface area contributed by atoms with Gasteiger partial charge in [-0.05, 0) is 73.9 Å². The Morgan fingerprint density at radius 3 is 2.70 bits per heavy atom. The van der Waals surface area contributed by atoms with Crippen molar-refractivity contribution in [3.8, 4) is 0 Å². The van der Waals surface area contributed by atoms with Crippen LogP contribution < -0.4 is 5.32 Å². The predicted octanol–water partition coefficient (Wildman–Crippen LogP) is 4.79. The summed E-state index contributed by atoms with van der Waals surface area (Å²) in [5.41, 5.74) is 1.12. The molecule has 3 heteroatoms. The SMILES string of the molecule is CC(C)CNCC1CCCC1Cc1cc(F)cc(Br)c1.